The predicted molar refractivity (Wildman–Crippen MR) is 84.8 cm³/mol. The number of carbonyl (C=O) groups excluding carboxylic acids is 1. The number of fused-ring (bicyclic) bond motifs is 2. The molecule has 1 aliphatic carbocycles. The maximum absolute atomic E-state index is 12.8. The average molecular weight is 311 g/mol. The van der Waals surface area contributed by atoms with Gasteiger partial charge in [-0.05, 0) is 18.2 Å². The van der Waals surface area contributed by atoms with Crippen LogP contribution < -0.4 is 5.73 Å². The van der Waals surface area contributed by atoms with Gasteiger partial charge in [0.1, 0.15) is 11.9 Å². The summed E-state index contributed by atoms with van der Waals surface area (Å²) in [5, 5.41) is 5.72. The molecule has 2 aromatic heterocycles. The highest BCUT2D eigenvalue weighted by Gasteiger charge is 2.31. The molecule has 0 aliphatic heterocycles. The Kier molecular flexibility index (Phi) is 2.69. The van der Waals surface area contributed by atoms with Crippen LogP contribution in [0.3, 0.4) is 0 Å². The molecule has 0 radical (unpaired) electrons. The summed E-state index contributed by atoms with van der Waals surface area (Å²) in [4.78, 5) is 16.8. The lowest BCUT2D eigenvalue weighted by Gasteiger charge is -2.14. The minimum atomic E-state index is -0.483. The van der Waals surface area contributed by atoms with Gasteiger partial charge in [-0.15, -0.1) is 0 Å². The predicted octanol–water partition coefficient (Wildman–Crippen LogP) is 2.94. The summed E-state index contributed by atoms with van der Waals surface area (Å²) >= 11 is 6.26. The summed E-state index contributed by atoms with van der Waals surface area (Å²) in [6.07, 6.45) is 4.29. The standard InChI is InChI=1S/C16H11ClN4O/c1-2-12(18)21-11-4-3-10(17)13-14(11)15(20-21)8-5-6-19-7-9(8)16(13)22/h2-7,12H,1,18H2. The fraction of sp³-hybridized carbons (Fsp3) is 0.0625. The molecule has 22 heavy (non-hydrogen) atoms. The number of nitrogens with two attached hydrogens (primary N) is 1. The monoisotopic (exact) mass is 310 g/mol. The SMILES string of the molecule is C=CC(N)n1nc2c3c(c(Cl)ccc31)C(=O)c1cnccc1-2. The van der Waals surface area contributed by atoms with E-state index in [9.17, 15) is 4.79 Å². The van der Waals surface area contributed by atoms with Crippen molar-refractivity contribution in [3.05, 3.63) is 59.4 Å². The van der Waals surface area contributed by atoms with E-state index in [2.05, 4.69) is 16.7 Å². The lowest BCUT2D eigenvalue weighted by molar-refractivity contribution is 0.104. The van der Waals surface area contributed by atoms with Crippen LogP contribution in [0.4, 0.5) is 0 Å². The van der Waals surface area contributed by atoms with Crippen molar-refractivity contribution in [2.45, 2.75) is 6.17 Å². The molecule has 0 saturated carbocycles. The van der Waals surface area contributed by atoms with E-state index in [4.69, 9.17) is 17.3 Å². The van der Waals surface area contributed by atoms with E-state index in [1.54, 1.807) is 35.3 Å². The molecule has 0 saturated heterocycles. The number of halogens is 1. The smallest absolute Gasteiger partial charge is 0.197 e. The van der Waals surface area contributed by atoms with Gasteiger partial charge in [-0.2, -0.15) is 5.10 Å². The summed E-state index contributed by atoms with van der Waals surface area (Å²) in [5.41, 5.74) is 9.20. The van der Waals surface area contributed by atoms with Crippen LogP contribution >= 0.6 is 11.6 Å². The first-order valence-corrected chi connectivity index (χ1v) is 7.09. The van der Waals surface area contributed by atoms with Crippen molar-refractivity contribution in [1.29, 1.82) is 0 Å². The number of aromatic nitrogens is 3. The van der Waals surface area contributed by atoms with Crippen molar-refractivity contribution in [1.82, 2.24) is 14.8 Å². The van der Waals surface area contributed by atoms with Gasteiger partial charge in [0.2, 0.25) is 0 Å². The Morgan fingerprint density at radius 2 is 2.14 bits per heavy atom. The Labute approximate surface area is 131 Å². The van der Waals surface area contributed by atoms with E-state index in [0.29, 0.717) is 21.8 Å². The lowest BCUT2D eigenvalue weighted by atomic mass is 9.88. The zero-order valence-corrected chi connectivity index (χ0v) is 12.2. The van der Waals surface area contributed by atoms with Gasteiger partial charge in [0.15, 0.2) is 5.78 Å². The third-order valence-corrected chi connectivity index (χ3v) is 4.21. The highest BCUT2D eigenvalue weighted by Crippen LogP contribution is 2.41. The number of hydrogen-bond acceptors (Lipinski definition) is 4. The molecule has 0 spiro atoms. The first-order chi connectivity index (χ1) is 10.6. The fourth-order valence-electron chi connectivity index (χ4n) is 2.86. The lowest BCUT2D eigenvalue weighted by Crippen LogP contribution is -2.16. The second-order valence-corrected chi connectivity index (χ2v) is 5.49. The van der Waals surface area contributed by atoms with Gasteiger partial charge < -0.3 is 5.73 Å². The molecule has 1 unspecified atom stereocenters. The van der Waals surface area contributed by atoms with E-state index in [0.717, 1.165) is 16.5 Å². The van der Waals surface area contributed by atoms with Crippen molar-refractivity contribution >= 4 is 28.3 Å². The van der Waals surface area contributed by atoms with E-state index in [-0.39, 0.29) is 5.78 Å². The Hall–Kier alpha value is -2.50. The van der Waals surface area contributed by atoms with Crippen molar-refractivity contribution in [2.75, 3.05) is 0 Å². The number of carbonyl (C=O) groups is 1. The molecule has 2 heterocycles. The Morgan fingerprint density at radius 1 is 1.32 bits per heavy atom. The van der Waals surface area contributed by atoms with Crippen molar-refractivity contribution in [2.24, 2.45) is 5.73 Å². The molecular weight excluding hydrogens is 300 g/mol. The van der Waals surface area contributed by atoms with Gasteiger partial charge in [-0.3, -0.25) is 9.78 Å². The number of ketones is 1. The number of pyridine rings is 1. The number of hydrogen-bond donors (Lipinski definition) is 1. The molecule has 1 aliphatic rings. The van der Waals surface area contributed by atoms with Crippen LogP contribution in [0.25, 0.3) is 22.2 Å². The van der Waals surface area contributed by atoms with Gasteiger partial charge in [0, 0.05) is 23.3 Å². The van der Waals surface area contributed by atoms with Gasteiger partial charge in [0.05, 0.1) is 21.7 Å². The Bertz CT molecular complexity index is 960. The Balaban J connectivity index is 2.21. The molecular formula is C16H11ClN4O. The van der Waals surface area contributed by atoms with Crippen molar-refractivity contribution in [3.8, 4) is 11.3 Å². The summed E-state index contributed by atoms with van der Waals surface area (Å²) in [7, 11) is 0. The minimum Gasteiger partial charge on any atom is -0.306 e. The first kappa shape index (κ1) is 13.2. The Morgan fingerprint density at radius 3 is 2.91 bits per heavy atom. The van der Waals surface area contributed by atoms with Crippen molar-refractivity contribution < 1.29 is 4.79 Å². The zero-order chi connectivity index (χ0) is 15.4. The van der Waals surface area contributed by atoms with Crippen molar-refractivity contribution in [3.63, 3.8) is 0 Å². The molecule has 1 aromatic carbocycles. The average Bonchev–Trinajstić information content (AvgIpc) is 2.93. The minimum absolute atomic E-state index is 0.141. The van der Waals surface area contributed by atoms with Gasteiger partial charge in [-0.25, -0.2) is 4.68 Å². The normalized spacial score (nSPS) is 14.0. The molecule has 0 bridgehead atoms. The third-order valence-electron chi connectivity index (χ3n) is 3.90. The van der Waals surface area contributed by atoms with Gasteiger partial charge >= 0.3 is 0 Å². The molecule has 0 amide bonds. The maximum Gasteiger partial charge on any atom is 0.197 e. The van der Waals surface area contributed by atoms with Crippen LogP contribution in [0.15, 0.2) is 43.2 Å². The molecule has 6 heteroatoms. The molecule has 108 valence electrons. The highest BCUT2D eigenvalue weighted by atomic mass is 35.5. The summed E-state index contributed by atoms with van der Waals surface area (Å²) < 4.78 is 1.65. The van der Waals surface area contributed by atoms with Gasteiger partial charge in [-0.1, -0.05) is 24.3 Å². The summed E-state index contributed by atoms with van der Waals surface area (Å²) in [5.74, 6) is -0.141. The van der Waals surface area contributed by atoms with Crippen LogP contribution in [0.2, 0.25) is 5.02 Å². The summed E-state index contributed by atoms with van der Waals surface area (Å²) in [6.45, 7) is 3.70. The quantitative estimate of drug-likeness (QED) is 0.578. The van der Waals surface area contributed by atoms with Crippen LogP contribution in [0, 0.1) is 0 Å². The first-order valence-electron chi connectivity index (χ1n) is 6.71. The van der Waals surface area contributed by atoms with E-state index in [1.165, 1.54) is 0 Å². The molecule has 0 fully saturated rings. The van der Waals surface area contributed by atoms with Crippen LogP contribution in [0.1, 0.15) is 22.1 Å². The maximum atomic E-state index is 12.8. The number of benzene rings is 1. The second-order valence-electron chi connectivity index (χ2n) is 5.09. The number of nitrogens with zero attached hydrogens (tertiary/aromatic N) is 3. The summed E-state index contributed by atoms with van der Waals surface area (Å²) in [6, 6.07) is 5.29. The molecule has 1 atom stereocenters. The van der Waals surface area contributed by atoms with E-state index >= 15 is 0 Å². The molecule has 2 N–H and O–H groups in total. The van der Waals surface area contributed by atoms with Crippen LogP contribution in [0.5, 0.6) is 0 Å². The highest BCUT2D eigenvalue weighted by molar-refractivity contribution is 6.39. The molecule has 4 rings (SSSR count). The van der Waals surface area contributed by atoms with E-state index < -0.39 is 6.17 Å². The van der Waals surface area contributed by atoms with E-state index in [1.807, 2.05) is 6.07 Å². The third kappa shape index (κ3) is 1.55. The van der Waals surface area contributed by atoms with Gasteiger partial charge in [0.25, 0.3) is 0 Å². The largest absolute Gasteiger partial charge is 0.306 e. The topological polar surface area (TPSA) is 73.8 Å². The van der Waals surface area contributed by atoms with Crippen LogP contribution in [-0.4, -0.2) is 20.5 Å². The molecule has 5 nitrogen and oxygen atoms in total. The number of rotatable bonds is 2. The fourth-order valence-corrected chi connectivity index (χ4v) is 3.11. The molecule has 3 aromatic rings. The second kappa shape index (κ2) is 4.50. The zero-order valence-electron chi connectivity index (χ0n) is 11.5. The van der Waals surface area contributed by atoms with Crippen LogP contribution in [-0.2, 0) is 0 Å².